The molecule has 0 saturated heterocycles. The highest BCUT2D eigenvalue weighted by Gasteiger charge is 2.27. The van der Waals surface area contributed by atoms with E-state index in [2.05, 4.69) is 4.74 Å². The Hall–Kier alpha value is -2.05. The van der Waals surface area contributed by atoms with Crippen molar-refractivity contribution < 1.29 is 17.9 Å². The molecule has 0 bridgehead atoms. The molecule has 7 heteroatoms. The molecule has 0 radical (unpaired) electrons. The number of carbonyl (C=O) groups excluding carboxylic acids is 1. The van der Waals surface area contributed by atoms with Crippen molar-refractivity contribution in [3.63, 3.8) is 0 Å². The average Bonchev–Trinajstić information content (AvgIpc) is 2.55. The second-order valence-electron chi connectivity index (χ2n) is 4.83. The van der Waals surface area contributed by atoms with Crippen LogP contribution in [0.3, 0.4) is 0 Å². The van der Waals surface area contributed by atoms with Gasteiger partial charge in [-0.25, -0.2) is 8.42 Å². The van der Waals surface area contributed by atoms with E-state index >= 15 is 0 Å². The lowest BCUT2D eigenvalue weighted by Gasteiger charge is -2.24. The lowest BCUT2D eigenvalue weighted by atomic mass is 10.2. The van der Waals surface area contributed by atoms with Gasteiger partial charge in [0.25, 0.3) is 10.0 Å². The van der Waals surface area contributed by atoms with Gasteiger partial charge in [0, 0.05) is 5.02 Å². The molecule has 0 heterocycles. The van der Waals surface area contributed by atoms with Gasteiger partial charge < -0.3 is 4.74 Å². The maximum absolute atomic E-state index is 12.9. The van der Waals surface area contributed by atoms with E-state index < -0.39 is 22.5 Å². The number of hydrogen-bond donors (Lipinski definition) is 0. The number of sulfonamides is 1. The highest BCUT2D eigenvalue weighted by molar-refractivity contribution is 7.92. The zero-order chi connectivity index (χ0) is 17.0. The van der Waals surface area contributed by atoms with Gasteiger partial charge >= 0.3 is 5.97 Å². The number of benzene rings is 2. The zero-order valence-electron chi connectivity index (χ0n) is 12.7. The molecule has 0 aliphatic heterocycles. The molecule has 23 heavy (non-hydrogen) atoms. The smallest absolute Gasteiger partial charge is 0.326 e. The number of methoxy groups -OCH3 is 1. The van der Waals surface area contributed by atoms with E-state index in [-0.39, 0.29) is 4.90 Å². The van der Waals surface area contributed by atoms with Crippen LogP contribution in [-0.2, 0) is 19.6 Å². The first-order valence-corrected chi connectivity index (χ1v) is 8.59. The first-order chi connectivity index (χ1) is 10.9. The SMILES string of the molecule is COC(=O)CN(c1ccc(Cl)c(C)c1)S(=O)(=O)c1ccccc1. The summed E-state index contributed by atoms with van der Waals surface area (Å²) in [6.45, 7) is 1.34. The molecule has 0 unspecified atom stereocenters. The minimum atomic E-state index is -3.90. The quantitative estimate of drug-likeness (QED) is 0.775. The van der Waals surface area contributed by atoms with Crippen molar-refractivity contribution >= 4 is 33.3 Å². The largest absolute Gasteiger partial charge is 0.468 e. The van der Waals surface area contributed by atoms with Crippen molar-refractivity contribution in [3.8, 4) is 0 Å². The van der Waals surface area contributed by atoms with E-state index in [4.69, 9.17) is 11.6 Å². The van der Waals surface area contributed by atoms with Crippen LogP contribution in [0.5, 0.6) is 0 Å². The third kappa shape index (κ3) is 3.83. The van der Waals surface area contributed by atoms with Crippen LogP contribution in [0.15, 0.2) is 53.4 Å². The molecule has 5 nitrogen and oxygen atoms in total. The molecule has 2 rings (SSSR count). The molecule has 0 saturated carbocycles. The van der Waals surface area contributed by atoms with Crippen molar-refractivity contribution in [2.75, 3.05) is 18.0 Å². The lowest BCUT2D eigenvalue weighted by molar-refractivity contribution is -0.138. The molecule has 0 N–H and O–H groups in total. The van der Waals surface area contributed by atoms with Gasteiger partial charge in [-0.3, -0.25) is 9.10 Å². The van der Waals surface area contributed by atoms with Gasteiger partial charge in [-0.2, -0.15) is 0 Å². The van der Waals surface area contributed by atoms with Crippen LogP contribution in [0.25, 0.3) is 0 Å². The van der Waals surface area contributed by atoms with Crippen LogP contribution in [0.2, 0.25) is 5.02 Å². The predicted octanol–water partition coefficient (Wildman–Crippen LogP) is 3.02. The van der Waals surface area contributed by atoms with Gasteiger partial charge in [0.15, 0.2) is 0 Å². The Morgan fingerprint density at radius 2 is 1.83 bits per heavy atom. The highest BCUT2D eigenvalue weighted by Crippen LogP contribution is 2.27. The Bertz CT molecular complexity index is 806. The van der Waals surface area contributed by atoms with Crippen molar-refractivity contribution in [2.45, 2.75) is 11.8 Å². The number of carbonyl (C=O) groups is 1. The van der Waals surface area contributed by atoms with E-state index in [1.165, 1.54) is 19.2 Å². The first kappa shape index (κ1) is 17.3. The van der Waals surface area contributed by atoms with Gasteiger partial charge in [0.1, 0.15) is 6.54 Å². The van der Waals surface area contributed by atoms with Crippen molar-refractivity contribution in [1.82, 2.24) is 0 Å². The molecule has 0 amide bonds. The zero-order valence-corrected chi connectivity index (χ0v) is 14.3. The molecular weight excluding hydrogens is 338 g/mol. The highest BCUT2D eigenvalue weighted by atomic mass is 35.5. The molecule has 122 valence electrons. The second-order valence-corrected chi connectivity index (χ2v) is 7.10. The predicted molar refractivity (Wildman–Crippen MR) is 89.2 cm³/mol. The lowest BCUT2D eigenvalue weighted by Crippen LogP contribution is -2.36. The number of anilines is 1. The Labute approximate surface area is 140 Å². The maximum Gasteiger partial charge on any atom is 0.326 e. The third-order valence-corrected chi connectivity index (χ3v) is 5.47. The van der Waals surface area contributed by atoms with Crippen LogP contribution >= 0.6 is 11.6 Å². The number of halogens is 1. The van der Waals surface area contributed by atoms with Crippen LogP contribution in [-0.4, -0.2) is 28.0 Å². The molecular formula is C16H16ClNO4S. The van der Waals surface area contributed by atoms with Crippen LogP contribution < -0.4 is 4.31 Å². The Morgan fingerprint density at radius 1 is 1.17 bits per heavy atom. The summed E-state index contributed by atoms with van der Waals surface area (Å²) in [6, 6.07) is 12.7. The van der Waals surface area contributed by atoms with Gasteiger partial charge in [-0.1, -0.05) is 29.8 Å². The molecule has 0 atom stereocenters. The van der Waals surface area contributed by atoms with Crippen LogP contribution in [0.1, 0.15) is 5.56 Å². The fourth-order valence-corrected chi connectivity index (χ4v) is 3.54. The van der Waals surface area contributed by atoms with E-state index in [1.54, 1.807) is 43.3 Å². The molecule has 0 spiro atoms. The first-order valence-electron chi connectivity index (χ1n) is 6.77. The normalized spacial score (nSPS) is 11.1. The van der Waals surface area contributed by atoms with Crippen LogP contribution in [0.4, 0.5) is 5.69 Å². The molecule has 0 aromatic heterocycles. The minimum absolute atomic E-state index is 0.0940. The van der Waals surface area contributed by atoms with E-state index in [1.807, 2.05) is 0 Å². The van der Waals surface area contributed by atoms with Gasteiger partial charge in [-0.05, 0) is 42.8 Å². The Kier molecular flexibility index (Phi) is 5.28. The molecule has 0 aliphatic carbocycles. The van der Waals surface area contributed by atoms with Gasteiger partial charge in [0.05, 0.1) is 17.7 Å². The number of hydrogen-bond acceptors (Lipinski definition) is 4. The number of esters is 1. The summed E-state index contributed by atoms with van der Waals surface area (Å²) in [5.74, 6) is -0.655. The molecule has 2 aromatic rings. The molecule has 0 fully saturated rings. The Morgan fingerprint density at radius 3 is 2.39 bits per heavy atom. The fraction of sp³-hybridized carbons (Fsp3) is 0.188. The average molecular weight is 354 g/mol. The van der Waals surface area contributed by atoms with Gasteiger partial charge in [-0.15, -0.1) is 0 Å². The van der Waals surface area contributed by atoms with Crippen molar-refractivity contribution in [1.29, 1.82) is 0 Å². The summed E-state index contributed by atoms with van der Waals surface area (Å²) < 4.78 is 31.4. The Balaban J connectivity index is 2.54. The number of ether oxygens (including phenoxy) is 1. The summed E-state index contributed by atoms with van der Waals surface area (Å²) in [6.07, 6.45) is 0. The summed E-state index contributed by atoms with van der Waals surface area (Å²) >= 11 is 5.99. The van der Waals surface area contributed by atoms with E-state index in [9.17, 15) is 13.2 Å². The van der Waals surface area contributed by atoms with Crippen molar-refractivity contribution in [2.24, 2.45) is 0 Å². The number of aryl methyl sites for hydroxylation is 1. The summed E-state index contributed by atoms with van der Waals surface area (Å²) in [5.41, 5.74) is 1.06. The third-order valence-electron chi connectivity index (χ3n) is 3.26. The van der Waals surface area contributed by atoms with Gasteiger partial charge in [0.2, 0.25) is 0 Å². The maximum atomic E-state index is 12.9. The number of rotatable bonds is 5. The monoisotopic (exact) mass is 353 g/mol. The fourth-order valence-electron chi connectivity index (χ4n) is 2.00. The number of nitrogens with zero attached hydrogens (tertiary/aromatic N) is 1. The summed E-state index contributed by atoms with van der Waals surface area (Å²) in [4.78, 5) is 11.8. The second kappa shape index (κ2) is 7.02. The minimum Gasteiger partial charge on any atom is -0.468 e. The van der Waals surface area contributed by atoms with E-state index in [0.29, 0.717) is 16.3 Å². The summed E-state index contributed by atoms with van der Waals surface area (Å²) in [7, 11) is -2.69. The topological polar surface area (TPSA) is 63.7 Å². The summed E-state index contributed by atoms with van der Waals surface area (Å²) in [5, 5.41) is 0.517. The van der Waals surface area contributed by atoms with Crippen molar-refractivity contribution in [3.05, 3.63) is 59.1 Å². The van der Waals surface area contributed by atoms with Crippen LogP contribution in [0, 0.1) is 6.92 Å². The molecule has 2 aromatic carbocycles. The standard InChI is InChI=1S/C16H16ClNO4S/c1-12-10-13(8-9-15(12)17)18(11-16(19)22-2)23(20,21)14-6-4-3-5-7-14/h3-10H,11H2,1-2H3. The molecule has 0 aliphatic rings. The van der Waals surface area contributed by atoms with E-state index in [0.717, 1.165) is 4.31 Å².